The van der Waals surface area contributed by atoms with Crippen LogP contribution in [-0.2, 0) is 6.54 Å². The summed E-state index contributed by atoms with van der Waals surface area (Å²) in [4.78, 5) is 15.3. The lowest BCUT2D eigenvalue weighted by Gasteiger charge is -2.20. The number of carbonyl (C=O) groups is 1. The number of nitrogens with zero attached hydrogens (tertiary/aromatic N) is 2. The van der Waals surface area contributed by atoms with Gasteiger partial charge in [0.15, 0.2) is 0 Å². The lowest BCUT2D eigenvalue weighted by molar-refractivity contribution is 0.170. The maximum absolute atomic E-state index is 11.6. The molecule has 1 aromatic carbocycles. The maximum atomic E-state index is 11.6. The zero-order chi connectivity index (χ0) is 13.5. The van der Waals surface area contributed by atoms with Gasteiger partial charge in [0.2, 0.25) is 0 Å². The summed E-state index contributed by atoms with van der Waals surface area (Å²) in [5.41, 5.74) is 1.04. The Morgan fingerprint density at radius 3 is 2.26 bits per heavy atom. The van der Waals surface area contributed by atoms with Crippen LogP contribution in [0.5, 0.6) is 5.75 Å². The second-order valence-electron chi connectivity index (χ2n) is 4.33. The Labute approximate surface area is 121 Å². The molecule has 5 heteroatoms. The molecule has 0 aliphatic heterocycles. The van der Waals surface area contributed by atoms with E-state index in [1.54, 1.807) is 14.1 Å². The van der Waals surface area contributed by atoms with E-state index in [9.17, 15) is 4.79 Å². The number of rotatable bonds is 5. The second kappa shape index (κ2) is 8.77. The molecule has 19 heavy (non-hydrogen) atoms. The van der Waals surface area contributed by atoms with Crippen molar-refractivity contribution in [1.29, 1.82) is 0 Å². The van der Waals surface area contributed by atoms with Gasteiger partial charge in [-0.15, -0.1) is 12.4 Å². The van der Waals surface area contributed by atoms with Gasteiger partial charge >= 0.3 is 6.09 Å². The average molecular weight is 287 g/mol. The molecule has 0 saturated carbocycles. The van der Waals surface area contributed by atoms with Gasteiger partial charge in [-0.2, -0.15) is 0 Å². The molecule has 0 heterocycles. The third kappa shape index (κ3) is 5.49. The molecule has 0 aromatic heterocycles. The molecule has 1 aromatic rings. The summed E-state index contributed by atoms with van der Waals surface area (Å²) in [5, 5.41) is 0. The summed E-state index contributed by atoms with van der Waals surface area (Å²) in [7, 11) is 3.35. The highest BCUT2D eigenvalue weighted by Crippen LogP contribution is 2.20. The quantitative estimate of drug-likeness (QED) is 0.834. The van der Waals surface area contributed by atoms with E-state index in [1.807, 2.05) is 24.3 Å². The van der Waals surface area contributed by atoms with Crippen molar-refractivity contribution < 1.29 is 9.53 Å². The van der Waals surface area contributed by atoms with Crippen molar-refractivity contribution in [3.63, 3.8) is 0 Å². The summed E-state index contributed by atoms with van der Waals surface area (Å²) in [6.07, 6.45) is -0.345. The minimum atomic E-state index is -0.345. The van der Waals surface area contributed by atoms with Crippen LogP contribution in [-0.4, -0.2) is 43.1 Å². The minimum absolute atomic E-state index is 0. The number of para-hydroxylation sites is 1. The normalized spacial score (nSPS) is 9.95. The molecule has 0 aliphatic carbocycles. The molecule has 0 bridgehead atoms. The molecule has 0 spiro atoms. The van der Waals surface area contributed by atoms with Crippen molar-refractivity contribution in [2.24, 2.45) is 0 Å². The number of amides is 1. The summed E-state index contributed by atoms with van der Waals surface area (Å²) >= 11 is 0. The van der Waals surface area contributed by atoms with Crippen molar-refractivity contribution in [3.8, 4) is 5.75 Å². The van der Waals surface area contributed by atoms with Gasteiger partial charge in [0.25, 0.3) is 0 Å². The molecule has 1 rings (SSSR count). The van der Waals surface area contributed by atoms with E-state index in [4.69, 9.17) is 4.74 Å². The highest BCUT2D eigenvalue weighted by atomic mass is 35.5. The number of halogens is 1. The number of ether oxygens (including phenoxy) is 1. The van der Waals surface area contributed by atoms with Crippen molar-refractivity contribution >= 4 is 18.5 Å². The molecule has 4 nitrogen and oxygen atoms in total. The van der Waals surface area contributed by atoms with E-state index >= 15 is 0 Å². The minimum Gasteiger partial charge on any atom is -0.410 e. The Kier molecular flexibility index (Phi) is 8.19. The van der Waals surface area contributed by atoms with E-state index in [0.29, 0.717) is 5.75 Å². The zero-order valence-electron chi connectivity index (χ0n) is 12.0. The molecule has 0 saturated heterocycles. The fraction of sp³-hybridized carbons (Fsp3) is 0.500. The molecule has 0 N–H and O–H groups in total. The van der Waals surface area contributed by atoms with Crippen LogP contribution in [0.3, 0.4) is 0 Å². The lowest BCUT2D eigenvalue weighted by atomic mass is 10.2. The molecular formula is C14H23ClN2O2. The van der Waals surface area contributed by atoms with Crippen molar-refractivity contribution in [2.45, 2.75) is 20.4 Å². The van der Waals surface area contributed by atoms with Crippen molar-refractivity contribution in [3.05, 3.63) is 29.8 Å². The van der Waals surface area contributed by atoms with Gasteiger partial charge in [0.05, 0.1) is 0 Å². The molecule has 0 radical (unpaired) electrons. The Morgan fingerprint density at radius 2 is 1.74 bits per heavy atom. The van der Waals surface area contributed by atoms with E-state index in [1.165, 1.54) is 4.90 Å². The summed E-state index contributed by atoms with van der Waals surface area (Å²) in [6, 6.07) is 7.67. The van der Waals surface area contributed by atoms with Crippen LogP contribution < -0.4 is 4.74 Å². The smallest absolute Gasteiger partial charge is 0.410 e. The maximum Gasteiger partial charge on any atom is 0.414 e. The van der Waals surface area contributed by atoms with Gasteiger partial charge in [0, 0.05) is 26.2 Å². The van der Waals surface area contributed by atoms with E-state index in [0.717, 1.165) is 25.2 Å². The number of hydrogen-bond donors (Lipinski definition) is 0. The second-order valence-corrected chi connectivity index (χ2v) is 4.33. The predicted octanol–water partition coefficient (Wildman–Crippen LogP) is 3.01. The summed E-state index contributed by atoms with van der Waals surface area (Å²) in [5.74, 6) is 0.642. The predicted molar refractivity (Wildman–Crippen MR) is 80.0 cm³/mol. The van der Waals surface area contributed by atoms with Gasteiger partial charge in [-0.05, 0) is 19.2 Å². The Balaban J connectivity index is 0.00000324. The lowest BCUT2D eigenvalue weighted by Crippen LogP contribution is -2.27. The molecule has 0 aliphatic rings. The standard InChI is InChI=1S/C14H22N2O2.ClH/c1-5-16(6-2)11-12-9-7-8-10-13(12)18-14(17)15(3)4;/h7-10H,5-6,11H2,1-4H3;1H. The molecule has 108 valence electrons. The van der Waals surface area contributed by atoms with Gasteiger partial charge in [-0.25, -0.2) is 4.79 Å². The fourth-order valence-corrected chi connectivity index (χ4v) is 1.61. The Morgan fingerprint density at radius 1 is 1.16 bits per heavy atom. The SMILES string of the molecule is CCN(CC)Cc1ccccc1OC(=O)N(C)C.Cl. The van der Waals surface area contributed by atoms with Crippen molar-refractivity contribution in [1.82, 2.24) is 9.80 Å². The highest BCUT2D eigenvalue weighted by molar-refractivity contribution is 5.85. The van der Waals surface area contributed by atoms with E-state index in [2.05, 4.69) is 18.7 Å². The van der Waals surface area contributed by atoms with Crippen LogP contribution in [0.1, 0.15) is 19.4 Å². The van der Waals surface area contributed by atoms with E-state index in [-0.39, 0.29) is 18.5 Å². The highest BCUT2D eigenvalue weighted by Gasteiger charge is 2.11. The summed E-state index contributed by atoms with van der Waals surface area (Å²) in [6.45, 7) is 7.00. The van der Waals surface area contributed by atoms with Gasteiger partial charge in [-0.3, -0.25) is 4.90 Å². The van der Waals surface area contributed by atoms with Crippen LogP contribution in [0, 0.1) is 0 Å². The molecule has 0 unspecified atom stereocenters. The van der Waals surface area contributed by atoms with Crippen LogP contribution in [0.25, 0.3) is 0 Å². The van der Waals surface area contributed by atoms with Crippen LogP contribution in [0.15, 0.2) is 24.3 Å². The summed E-state index contributed by atoms with van der Waals surface area (Å²) < 4.78 is 5.36. The van der Waals surface area contributed by atoms with Crippen LogP contribution in [0.4, 0.5) is 4.79 Å². The first kappa shape index (κ1) is 17.7. The third-order valence-electron chi connectivity index (χ3n) is 2.82. The molecule has 1 amide bonds. The monoisotopic (exact) mass is 286 g/mol. The Bertz CT molecular complexity index is 393. The number of benzene rings is 1. The van der Waals surface area contributed by atoms with Gasteiger partial charge in [0.1, 0.15) is 5.75 Å². The van der Waals surface area contributed by atoms with Gasteiger partial charge < -0.3 is 9.64 Å². The van der Waals surface area contributed by atoms with Crippen molar-refractivity contribution in [2.75, 3.05) is 27.2 Å². The van der Waals surface area contributed by atoms with Gasteiger partial charge in [-0.1, -0.05) is 32.0 Å². The zero-order valence-corrected chi connectivity index (χ0v) is 12.9. The molecular weight excluding hydrogens is 264 g/mol. The topological polar surface area (TPSA) is 32.8 Å². The third-order valence-corrected chi connectivity index (χ3v) is 2.82. The largest absolute Gasteiger partial charge is 0.414 e. The van der Waals surface area contributed by atoms with Crippen LogP contribution in [0.2, 0.25) is 0 Å². The molecule has 0 atom stereocenters. The Hall–Kier alpha value is -1.26. The van der Waals surface area contributed by atoms with Crippen LogP contribution >= 0.6 is 12.4 Å². The molecule has 0 fully saturated rings. The van der Waals surface area contributed by atoms with E-state index < -0.39 is 0 Å². The fourth-order valence-electron chi connectivity index (χ4n) is 1.61. The average Bonchev–Trinajstić information content (AvgIpc) is 2.37. The number of carbonyl (C=O) groups excluding carboxylic acids is 1. The first-order valence-electron chi connectivity index (χ1n) is 6.27. The first-order valence-corrected chi connectivity index (χ1v) is 6.27. The number of hydrogen-bond acceptors (Lipinski definition) is 3. The first-order chi connectivity index (χ1) is 8.58.